The van der Waals surface area contributed by atoms with E-state index in [1.165, 1.54) is 0 Å². The van der Waals surface area contributed by atoms with Crippen molar-refractivity contribution in [2.75, 3.05) is 0 Å². The molecule has 0 aromatic rings. The van der Waals surface area contributed by atoms with Gasteiger partial charge in [-0.1, -0.05) is 432 Å². The lowest BCUT2D eigenvalue weighted by atomic mass is 11.8. The largest absolute Gasteiger partial charge is 0.0753 e. The van der Waals surface area contributed by atoms with Gasteiger partial charge in [-0.25, -0.2) is 0 Å². The molecule has 0 aromatic carbocycles. The molecule has 0 bridgehead atoms. The zero-order valence-electron chi connectivity index (χ0n) is 82.0. The first kappa shape index (κ1) is 105. The maximum Gasteiger partial charge on any atom is 0.0313 e. The maximum absolute atomic E-state index is 3.72. The molecule has 0 nitrogen and oxygen atoms in total. The molecule has 0 radical (unpaired) electrons. The molecule has 0 saturated heterocycles. The van der Waals surface area contributed by atoms with Gasteiger partial charge in [0.25, 0.3) is 0 Å². The van der Waals surface area contributed by atoms with Crippen LogP contribution in [0, 0.1) is 0 Å². The molecule has 98 heavy (non-hydrogen) atoms. The Labute approximate surface area is 652 Å². The molecule has 0 aliphatic rings. The first-order chi connectivity index (χ1) is 40.8. The Morgan fingerprint density at radius 3 is 0.194 bits per heavy atom. The fourth-order valence-electron chi connectivity index (χ4n) is 43.9. The fourth-order valence-corrected chi connectivity index (χ4v) is 1940. The summed E-state index contributed by atoms with van der Waals surface area (Å²) in [6.07, 6.45) is -12.5. The van der Waals surface area contributed by atoms with E-state index in [1.54, 1.807) is 0 Å². The van der Waals surface area contributed by atoms with Crippen LogP contribution in [0.5, 0.6) is 0 Å². The lowest BCUT2D eigenvalue weighted by Gasteiger charge is -2.84. The Bertz CT molecular complexity index is 2310. The van der Waals surface area contributed by atoms with Crippen LogP contribution in [-0.2, 0) is 0 Å². The Kier molecular flexibility index (Phi) is 29.8. The molecule has 0 aliphatic heterocycles. The monoisotopic (exact) mass is 1890 g/mol. The molecule has 0 heterocycles. The zero-order valence-corrected chi connectivity index (χ0v) is 114. The van der Waals surface area contributed by atoms with Crippen molar-refractivity contribution in [2.45, 2.75) is 432 Å². The molecule has 0 aliphatic carbocycles. The second-order valence-electron chi connectivity index (χ2n) is 55.8. The van der Waals surface area contributed by atoms with Crippen molar-refractivity contribution in [1.29, 1.82) is 0 Å². The highest BCUT2D eigenvalue weighted by molar-refractivity contribution is 8.39. The third-order valence-electron chi connectivity index (χ3n) is 34.6. The fraction of sp³-hybridized carbons (Fsp3) is 1.00. The highest BCUT2D eigenvalue weighted by Gasteiger charge is 2.92. The van der Waals surface area contributed by atoms with Crippen LogP contribution in [0.4, 0.5) is 0 Å². The molecule has 0 rings (SSSR count). The third kappa shape index (κ3) is 13.1. The predicted octanol–water partition coefficient (Wildman–Crippen LogP) is 26.3. The summed E-state index contributed by atoms with van der Waals surface area (Å²) in [6.45, 7) is 214. The molecule has 0 unspecified atom stereocenters. The highest BCUT2D eigenvalue weighted by atomic mass is 30.5. The minimum absolute atomic E-state index is 1.74. The summed E-state index contributed by atoms with van der Waals surface area (Å²) in [6, 6.07) is 0. The van der Waals surface area contributed by atoms with Gasteiger partial charge in [0.15, 0.2) is 0 Å². The maximum atomic E-state index is 3.72. The van der Waals surface area contributed by atoms with Crippen LogP contribution in [0.3, 0.4) is 0 Å². The summed E-state index contributed by atoms with van der Waals surface area (Å²) < 4.78 is 0. The minimum atomic E-state index is -2.33. The quantitative estimate of drug-likeness (QED) is 0.0607. The number of hydrogen-bond acceptors (Lipinski definition) is 0. The van der Waals surface area contributed by atoms with Gasteiger partial charge in [-0.3, -0.25) is 0 Å². The molecule has 32 heteroatoms. The summed E-state index contributed by atoms with van der Waals surface area (Å²) in [7, 11) is -46.9. The van der Waals surface area contributed by atoms with Crippen LogP contribution in [-0.4, -0.2) is 228 Å². The Hall–Kier alpha value is 6.94. The molecule has 590 valence electrons. The second-order valence-corrected chi connectivity index (χ2v) is 446. The van der Waals surface area contributed by atoms with Crippen molar-refractivity contribution in [3.63, 3.8) is 0 Å². The van der Waals surface area contributed by atoms with E-state index in [4.69, 9.17) is 0 Å². The molecule has 0 saturated carbocycles. The van der Waals surface area contributed by atoms with Crippen molar-refractivity contribution >= 4 is 228 Å². The summed E-state index contributed by atoms with van der Waals surface area (Å²) in [5, 5.41) is 0. The van der Waals surface area contributed by atoms with Gasteiger partial charge in [-0.15, -0.1) is 0 Å². The van der Waals surface area contributed by atoms with Crippen molar-refractivity contribution in [3.8, 4) is 0 Å². The van der Waals surface area contributed by atoms with E-state index in [-0.39, 0.29) is 0 Å². The van der Waals surface area contributed by atoms with Crippen molar-refractivity contribution in [3.05, 3.63) is 0 Å². The predicted molar refractivity (Wildman–Crippen MR) is 571 cm³/mol. The van der Waals surface area contributed by atoms with Crippen molar-refractivity contribution in [1.82, 2.24) is 0 Å². The first-order valence-electron chi connectivity index (χ1n) is 40.8. The van der Waals surface area contributed by atoms with Gasteiger partial charge in [0.2, 0.25) is 0 Å². The van der Waals surface area contributed by atoms with E-state index in [0.717, 1.165) is 0 Å². The molecule has 0 N–H and O–H groups in total. The van der Waals surface area contributed by atoms with Crippen LogP contribution >= 0.6 is 0 Å². The van der Waals surface area contributed by atoms with Crippen molar-refractivity contribution in [2.24, 2.45) is 0 Å². The van der Waals surface area contributed by atoms with Gasteiger partial charge in [-0.05, 0) is 0 Å². The zero-order chi connectivity index (χ0) is 82.0. The second kappa shape index (κ2) is 27.8. The van der Waals surface area contributed by atoms with E-state index < -0.39 is 228 Å². The first-order valence-corrected chi connectivity index (χ1v) is 169. The molecular formula is C66H198Si32. The SMILES string of the molecule is C[Si](C)(C)[Si]([Si](C)(C)C)([Si](C)(C)C)[Si](C)(C)[Si](C)([Si](C)(C)[Si]([Si](C)(C)C)([Si](C)(C)C)[Si](C)(C)C)[Si](C)(C)[Si]([Si](C)(C)C)([Si](C)(C)C)[Si](C)(C)[Si](C)(C)[Si]([Si](C)(C)C)([Si](C)(C)C)[Si](C)(C)[Si](C)([Si](C)(C)[Si]([Si](C)(C)C)([Si](C)(C)C)[Si](C)(C)C)[Si](C)(C)[Si]([Si](C)(C)C)([Si](C)(C)C)[Si](C)(C)C. The van der Waals surface area contributed by atoms with Crippen LogP contribution in [0.1, 0.15) is 0 Å². The van der Waals surface area contributed by atoms with E-state index in [9.17, 15) is 0 Å². The molecular weight excluding hydrogens is 1690 g/mol. The van der Waals surface area contributed by atoms with Crippen LogP contribution < -0.4 is 0 Å². The molecule has 0 amide bonds. The molecule has 0 atom stereocenters. The summed E-state index contributed by atoms with van der Waals surface area (Å²) in [4.78, 5) is 0. The lowest BCUT2D eigenvalue weighted by molar-refractivity contribution is 1.71. The smallest absolute Gasteiger partial charge is 0.0313 e. The summed E-state index contributed by atoms with van der Waals surface area (Å²) >= 11 is 0. The van der Waals surface area contributed by atoms with Crippen LogP contribution in [0.25, 0.3) is 0 Å². The Balaban J connectivity index is 13.1. The lowest BCUT2D eigenvalue weighted by Crippen LogP contribution is -3.15. The van der Waals surface area contributed by atoms with E-state index in [1.807, 2.05) is 0 Å². The van der Waals surface area contributed by atoms with Crippen molar-refractivity contribution < 1.29 is 0 Å². The average molecular weight is 1890 g/mol. The van der Waals surface area contributed by atoms with Gasteiger partial charge >= 0.3 is 0 Å². The third-order valence-corrected chi connectivity index (χ3v) is 986. The normalized spacial score (nSPS) is 17.7. The number of hydrogen-bond donors (Lipinski definition) is 0. The average Bonchev–Trinajstić information content (AvgIpc) is 0.629. The van der Waals surface area contributed by atoms with Gasteiger partial charge in [0.1, 0.15) is 0 Å². The van der Waals surface area contributed by atoms with E-state index >= 15 is 0 Å². The summed E-state index contributed by atoms with van der Waals surface area (Å²) in [5.74, 6) is 0. The number of rotatable bonds is 31. The van der Waals surface area contributed by atoms with Crippen LogP contribution in [0.2, 0.25) is 432 Å². The van der Waals surface area contributed by atoms with Gasteiger partial charge < -0.3 is 0 Å². The minimum Gasteiger partial charge on any atom is -0.0753 e. The Morgan fingerprint density at radius 2 is 0.133 bits per heavy atom. The summed E-state index contributed by atoms with van der Waals surface area (Å²) in [5.41, 5.74) is 0. The van der Waals surface area contributed by atoms with Gasteiger partial charge in [0.05, 0.1) is 0 Å². The topological polar surface area (TPSA) is 0 Å². The van der Waals surface area contributed by atoms with E-state index in [2.05, 4.69) is 432 Å². The van der Waals surface area contributed by atoms with Crippen LogP contribution in [0.15, 0.2) is 0 Å². The standard InChI is InChI=1S/C66H198Si32/c1-67(2,3)93(68(4,5)6,69(7,8)9)85(53,54)91(65,86(55,56)94(70(10,11)12,71(13,14)15)72(16,17)18)89(61,62)97(79(37,38)39,80(40,41)42)83(49,50)84(51,52)98(81(43,44)45,82(46,47)48)90(63,64)92(66,87(57,58)95(73(19,20)21,74(22,23)24)75(25,26)27)88(59,60)96(76(28,29)30,77(31,32)33)78(34,35)36/h1-66H3. The molecule has 0 fully saturated rings. The molecule has 0 aromatic heterocycles. The van der Waals surface area contributed by atoms with Gasteiger partial charge in [0, 0.05) is 228 Å². The Morgan fingerprint density at radius 1 is 0.0714 bits per heavy atom. The van der Waals surface area contributed by atoms with E-state index in [0.29, 0.717) is 0 Å². The molecule has 0 spiro atoms. The highest BCUT2D eigenvalue weighted by Crippen LogP contribution is 2.65. The van der Waals surface area contributed by atoms with Gasteiger partial charge in [-0.2, -0.15) is 0 Å².